The lowest BCUT2D eigenvalue weighted by Crippen LogP contribution is -2.21. The van der Waals surface area contributed by atoms with Crippen LogP contribution in [0.5, 0.6) is 0 Å². The standard InChI is InChI=1S/C10H11N3O3/c1-6-3-4-8(5-11-6)12-7(2)9(13-16)10(14)15/h3-5,16H,1-2H3,(H,14,15)/b12-7?,13-9-. The number of carbonyl (C=O) groups is 1. The van der Waals surface area contributed by atoms with Crippen molar-refractivity contribution in [2.45, 2.75) is 13.8 Å². The van der Waals surface area contributed by atoms with E-state index in [1.807, 2.05) is 6.92 Å². The van der Waals surface area contributed by atoms with Gasteiger partial charge in [-0.2, -0.15) is 0 Å². The number of pyridine rings is 1. The number of hydrogen-bond acceptors (Lipinski definition) is 5. The van der Waals surface area contributed by atoms with E-state index in [0.29, 0.717) is 5.69 Å². The molecule has 84 valence electrons. The molecule has 0 saturated heterocycles. The van der Waals surface area contributed by atoms with Crippen molar-refractivity contribution in [1.82, 2.24) is 4.98 Å². The third kappa shape index (κ3) is 2.88. The van der Waals surface area contributed by atoms with Crippen LogP contribution in [0.4, 0.5) is 5.69 Å². The molecule has 0 unspecified atom stereocenters. The van der Waals surface area contributed by atoms with Crippen molar-refractivity contribution in [3.05, 3.63) is 24.0 Å². The molecular weight excluding hydrogens is 210 g/mol. The van der Waals surface area contributed by atoms with Gasteiger partial charge in [0, 0.05) is 5.69 Å². The summed E-state index contributed by atoms with van der Waals surface area (Å²) in [5, 5.41) is 19.8. The molecule has 0 spiro atoms. The van der Waals surface area contributed by atoms with E-state index in [9.17, 15) is 4.79 Å². The third-order valence-corrected chi connectivity index (χ3v) is 1.84. The highest BCUT2D eigenvalue weighted by Gasteiger charge is 2.13. The van der Waals surface area contributed by atoms with Gasteiger partial charge in [-0.1, -0.05) is 5.16 Å². The Morgan fingerprint density at radius 2 is 2.12 bits per heavy atom. The molecule has 0 atom stereocenters. The van der Waals surface area contributed by atoms with Crippen molar-refractivity contribution in [3.8, 4) is 0 Å². The van der Waals surface area contributed by atoms with Gasteiger partial charge in [0.2, 0.25) is 5.71 Å². The van der Waals surface area contributed by atoms with Crippen LogP contribution in [0.25, 0.3) is 0 Å². The number of aryl methyl sites for hydroxylation is 1. The molecule has 1 aromatic heterocycles. The molecule has 16 heavy (non-hydrogen) atoms. The summed E-state index contributed by atoms with van der Waals surface area (Å²) >= 11 is 0. The van der Waals surface area contributed by atoms with Crippen LogP contribution < -0.4 is 0 Å². The number of oxime groups is 1. The van der Waals surface area contributed by atoms with Gasteiger partial charge >= 0.3 is 5.97 Å². The van der Waals surface area contributed by atoms with Crippen molar-refractivity contribution in [2.24, 2.45) is 10.1 Å². The maximum atomic E-state index is 10.6. The van der Waals surface area contributed by atoms with Crippen LogP contribution in [-0.2, 0) is 4.79 Å². The van der Waals surface area contributed by atoms with Crippen LogP contribution in [0.1, 0.15) is 12.6 Å². The summed E-state index contributed by atoms with van der Waals surface area (Å²) < 4.78 is 0. The SMILES string of the molecule is CC(=Nc1ccc(C)nc1)/C(=N/O)C(=O)O. The smallest absolute Gasteiger partial charge is 0.359 e. The molecule has 0 aromatic carbocycles. The molecule has 0 aliphatic rings. The largest absolute Gasteiger partial charge is 0.476 e. The normalized spacial score (nSPS) is 12.6. The Morgan fingerprint density at radius 1 is 1.44 bits per heavy atom. The zero-order valence-electron chi connectivity index (χ0n) is 8.88. The molecule has 6 nitrogen and oxygen atoms in total. The highest BCUT2D eigenvalue weighted by molar-refractivity contribution is 6.65. The minimum absolute atomic E-state index is 0.112. The molecule has 0 radical (unpaired) electrons. The molecule has 0 bridgehead atoms. The van der Waals surface area contributed by atoms with Crippen molar-refractivity contribution < 1.29 is 15.1 Å². The Labute approximate surface area is 92.0 Å². The van der Waals surface area contributed by atoms with Gasteiger partial charge in [-0.15, -0.1) is 0 Å². The first-order chi connectivity index (χ1) is 7.54. The number of hydrogen-bond donors (Lipinski definition) is 2. The van der Waals surface area contributed by atoms with Gasteiger partial charge in [-0.25, -0.2) is 9.79 Å². The summed E-state index contributed by atoms with van der Waals surface area (Å²) in [5.74, 6) is -1.33. The third-order valence-electron chi connectivity index (χ3n) is 1.84. The minimum atomic E-state index is -1.33. The monoisotopic (exact) mass is 221 g/mol. The fourth-order valence-electron chi connectivity index (χ4n) is 1.04. The second kappa shape index (κ2) is 5.01. The van der Waals surface area contributed by atoms with Gasteiger partial charge in [0.15, 0.2) is 0 Å². The highest BCUT2D eigenvalue weighted by atomic mass is 16.4. The van der Waals surface area contributed by atoms with E-state index < -0.39 is 11.7 Å². The summed E-state index contributed by atoms with van der Waals surface area (Å²) in [4.78, 5) is 18.6. The van der Waals surface area contributed by atoms with Gasteiger partial charge in [-0.3, -0.25) is 4.98 Å². The first-order valence-corrected chi connectivity index (χ1v) is 4.48. The van der Waals surface area contributed by atoms with Crippen LogP contribution in [-0.4, -0.2) is 32.7 Å². The Balaban J connectivity index is 3.00. The summed E-state index contributed by atoms with van der Waals surface area (Å²) in [6.07, 6.45) is 1.51. The lowest BCUT2D eigenvalue weighted by Gasteiger charge is -1.99. The number of aromatic nitrogens is 1. The first-order valence-electron chi connectivity index (χ1n) is 4.48. The number of aliphatic imine (C=N–C) groups is 1. The summed E-state index contributed by atoms with van der Waals surface area (Å²) in [6, 6.07) is 3.45. The highest BCUT2D eigenvalue weighted by Crippen LogP contribution is 2.10. The van der Waals surface area contributed by atoms with Crippen LogP contribution in [0.3, 0.4) is 0 Å². The van der Waals surface area contributed by atoms with Gasteiger partial charge < -0.3 is 10.3 Å². The molecule has 0 amide bonds. The lowest BCUT2D eigenvalue weighted by molar-refractivity contribution is -0.129. The molecule has 1 heterocycles. The predicted molar refractivity (Wildman–Crippen MR) is 58.6 cm³/mol. The lowest BCUT2D eigenvalue weighted by atomic mass is 10.2. The molecule has 0 fully saturated rings. The Hall–Kier alpha value is -2.24. The Bertz CT molecular complexity index is 449. The fraction of sp³-hybridized carbons (Fsp3) is 0.200. The van der Waals surface area contributed by atoms with E-state index in [0.717, 1.165) is 5.69 Å². The van der Waals surface area contributed by atoms with Gasteiger partial charge in [0.1, 0.15) is 0 Å². The zero-order chi connectivity index (χ0) is 12.1. The molecule has 2 N–H and O–H groups in total. The van der Waals surface area contributed by atoms with E-state index >= 15 is 0 Å². The molecule has 1 rings (SSSR count). The van der Waals surface area contributed by atoms with Crippen LogP contribution in [0, 0.1) is 6.92 Å². The first kappa shape index (κ1) is 11.8. The Morgan fingerprint density at radius 3 is 2.56 bits per heavy atom. The number of carboxylic acid groups (broad SMARTS) is 1. The average Bonchev–Trinajstić information content (AvgIpc) is 2.22. The van der Waals surface area contributed by atoms with Gasteiger partial charge in [0.25, 0.3) is 0 Å². The van der Waals surface area contributed by atoms with E-state index in [1.54, 1.807) is 12.1 Å². The minimum Gasteiger partial charge on any atom is -0.476 e. The topological polar surface area (TPSA) is 95.1 Å². The molecule has 0 aliphatic heterocycles. The van der Waals surface area contributed by atoms with Crippen LogP contribution >= 0.6 is 0 Å². The van der Waals surface area contributed by atoms with E-state index in [-0.39, 0.29) is 5.71 Å². The second-order valence-corrected chi connectivity index (χ2v) is 3.11. The Kier molecular flexibility index (Phi) is 3.71. The summed E-state index contributed by atoms with van der Waals surface area (Å²) in [5.41, 5.74) is 0.970. The van der Waals surface area contributed by atoms with Crippen LogP contribution in [0.2, 0.25) is 0 Å². The molecule has 0 saturated carbocycles. The van der Waals surface area contributed by atoms with Gasteiger partial charge in [-0.05, 0) is 26.0 Å². The maximum Gasteiger partial charge on any atom is 0.359 e. The predicted octanol–water partition coefficient (Wildman–Crippen LogP) is 1.40. The molecule has 6 heteroatoms. The van der Waals surface area contributed by atoms with E-state index in [1.165, 1.54) is 13.1 Å². The second-order valence-electron chi connectivity index (χ2n) is 3.11. The van der Waals surface area contributed by atoms with Crippen molar-refractivity contribution in [2.75, 3.05) is 0 Å². The molecule has 1 aromatic rings. The maximum absolute atomic E-state index is 10.6. The number of carboxylic acids is 1. The summed E-state index contributed by atoms with van der Waals surface area (Å²) in [6.45, 7) is 3.28. The summed E-state index contributed by atoms with van der Waals surface area (Å²) in [7, 11) is 0. The number of nitrogens with zero attached hydrogens (tertiary/aromatic N) is 3. The van der Waals surface area contributed by atoms with Crippen molar-refractivity contribution in [3.63, 3.8) is 0 Å². The van der Waals surface area contributed by atoms with Crippen molar-refractivity contribution >= 4 is 23.1 Å². The van der Waals surface area contributed by atoms with Crippen molar-refractivity contribution in [1.29, 1.82) is 0 Å². The number of rotatable bonds is 3. The average molecular weight is 221 g/mol. The number of aliphatic carboxylic acids is 1. The molecular formula is C10H11N3O3. The van der Waals surface area contributed by atoms with E-state index in [4.69, 9.17) is 10.3 Å². The fourth-order valence-corrected chi connectivity index (χ4v) is 1.04. The quantitative estimate of drug-likeness (QED) is 0.458. The zero-order valence-corrected chi connectivity index (χ0v) is 8.88. The van der Waals surface area contributed by atoms with E-state index in [2.05, 4.69) is 15.1 Å². The van der Waals surface area contributed by atoms with Crippen LogP contribution in [0.15, 0.2) is 28.5 Å². The van der Waals surface area contributed by atoms with Gasteiger partial charge in [0.05, 0.1) is 17.6 Å². The molecule has 0 aliphatic carbocycles.